The van der Waals surface area contributed by atoms with Crippen molar-refractivity contribution in [1.82, 2.24) is 4.90 Å². The van der Waals surface area contributed by atoms with Gasteiger partial charge in [-0.1, -0.05) is 41.4 Å². The third-order valence-corrected chi connectivity index (χ3v) is 4.15. The zero-order valence-corrected chi connectivity index (χ0v) is 13.6. The van der Waals surface area contributed by atoms with Gasteiger partial charge in [-0.2, -0.15) is 0 Å². The summed E-state index contributed by atoms with van der Waals surface area (Å²) in [6.07, 6.45) is 0. The number of imide groups is 1. The normalized spacial score (nSPS) is 14.7. The fourth-order valence-corrected chi connectivity index (χ4v) is 2.92. The van der Waals surface area contributed by atoms with E-state index >= 15 is 0 Å². The van der Waals surface area contributed by atoms with Gasteiger partial charge in [0.2, 0.25) is 0 Å². The lowest BCUT2D eigenvalue weighted by Gasteiger charge is -2.14. The van der Waals surface area contributed by atoms with Crippen molar-refractivity contribution in [3.8, 4) is 0 Å². The lowest BCUT2D eigenvalue weighted by atomic mass is 10.1. The Kier molecular flexibility index (Phi) is 4.30. The topological polar surface area (TPSA) is 57.6 Å². The highest BCUT2D eigenvalue weighted by Gasteiger charge is 2.39. The van der Waals surface area contributed by atoms with Crippen LogP contribution in [-0.2, 0) is 16.1 Å². The molecule has 1 heterocycles. The monoisotopic (exact) mass is 365 g/mol. The molecule has 0 spiro atoms. The van der Waals surface area contributed by atoms with Gasteiger partial charge in [0.05, 0.1) is 17.1 Å². The Balaban J connectivity index is 1.94. The van der Waals surface area contributed by atoms with Crippen molar-refractivity contribution in [1.29, 1.82) is 0 Å². The Morgan fingerprint density at radius 1 is 1.00 bits per heavy atom. The zero-order chi connectivity index (χ0) is 17.4. The van der Waals surface area contributed by atoms with E-state index in [0.717, 1.165) is 4.90 Å². The first-order chi connectivity index (χ1) is 11.4. The molecule has 24 heavy (non-hydrogen) atoms. The van der Waals surface area contributed by atoms with Crippen LogP contribution in [0.5, 0.6) is 0 Å². The predicted molar refractivity (Wildman–Crippen MR) is 88.0 cm³/mol. The van der Waals surface area contributed by atoms with Crippen LogP contribution < -0.4 is 0 Å². The molecule has 0 atom stereocenters. The smallest absolute Gasteiger partial charge is 0.296 e. The number of halogens is 3. The van der Waals surface area contributed by atoms with E-state index in [9.17, 15) is 19.1 Å². The van der Waals surface area contributed by atoms with E-state index < -0.39 is 23.4 Å². The number of hydrogen-bond acceptors (Lipinski definition) is 3. The van der Waals surface area contributed by atoms with E-state index in [1.54, 1.807) is 0 Å². The molecular formula is C17H10Cl2FNO3. The lowest BCUT2D eigenvalue weighted by molar-refractivity contribution is -0.138. The van der Waals surface area contributed by atoms with Gasteiger partial charge in [0.1, 0.15) is 5.82 Å². The minimum Gasteiger partial charge on any atom is -0.502 e. The average Bonchev–Trinajstić information content (AvgIpc) is 2.74. The molecule has 0 aromatic heterocycles. The first kappa shape index (κ1) is 16.5. The van der Waals surface area contributed by atoms with E-state index in [0.29, 0.717) is 10.6 Å². The molecule has 1 aliphatic heterocycles. The third kappa shape index (κ3) is 2.88. The Morgan fingerprint density at radius 3 is 2.29 bits per heavy atom. The van der Waals surface area contributed by atoms with Gasteiger partial charge in [-0.05, 0) is 29.8 Å². The molecule has 2 aromatic carbocycles. The number of carbonyl (C=O) groups is 2. The minimum absolute atomic E-state index is 0.0866. The van der Waals surface area contributed by atoms with Crippen molar-refractivity contribution in [2.45, 2.75) is 6.54 Å². The van der Waals surface area contributed by atoms with Crippen molar-refractivity contribution >= 4 is 40.6 Å². The Hall–Kier alpha value is -2.37. The number of rotatable bonds is 3. The molecular weight excluding hydrogens is 356 g/mol. The number of nitrogens with zero attached hydrogens (tertiary/aromatic N) is 1. The highest BCUT2D eigenvalue weighted by Crippen LogP contribution is 2.34. The predicted octanol–water partition coefficient (Wildman–Crippen LogP) is 3.97. The molecule has 2 aromatic rings. The number of aliphatic hydroxyl groups is 1. The van der Waals surface area contributed by atoms with Gasteiger partial charge in [-0.3, -0.25) is 14.5 Å². The van der Waals surface area contributed by atoms with Crippen molar-refractivity contribution in [2.24, 2.45) is 0 Å². The summed E-state index contributed by atoms with van der Waals surface area (Å²) in [6, 6.07) is 9.75. The highest BCUT2D eigenvalue weighted by atomic mass is 35.5. The lowest BCUT2D eigenvalue weighted by Crippen LogP contribution is -2.31. The first-order valence-electron chi connectivity index (χ1n) is 6.88. The number of amides is 2. The summed E-state index contributed by atoms with van der Waals surface area (Å²) in [7, 11) is 0. The molecule has 0 saturated heterocycles. The summed E-state index contributed by atoms with van der Waals surface area (Å²) >= 11 is 11.9. The largest absolute Gasteiger partial charge is 0.502 e. The van der Waals surface area contributed by atoms with Crippen molar-refractivity contribution in [2.75, 3.05) is 0 Å². The van der Waals surface area contributed by atoms with Gasteiger partial charge in [0.15, 0.2) is 5.76 Å². The average molecular weight is 366 g/mol. The summed E-state index contributed by atoms with van der Waals surface area (Å²) < 4.78 is 13.0. The fourth-order valence-electron chi connectivity index (χ4n) is 2.41. The molecule has 0 radical (unpaired) electrons. The van der Waals surface area contributed by atoms with Crippen LogP contribution in [0.4, 0.5) is 4.39 Å². The molecule has 0 unspecified atom stereocenters. The summed E-state index contributed by atoms with van der Waals surface area (Å²) in [4.78, 5) is 25.6. The fraction of sp³-hybridized carbons (Fsp3) is 0.0588. The molecule has 3 rings (SSSR count). The maximum atomic E-state index is 13.0. The van der Waals surface area contributed by atoms with Gasteiger partial charge < -0.3 is 5.11 Å². The third-order valence-electron chi connectivity index (χ3n) is 3.60. The molecule has 2 amide bonds. The summed E-state index contributed by atoms with van der Waals surface area (Å²) in [5.41, 5.74) is 0.594. The molecule has 7 heteroatoms. The number of carbonyl (C=O) groups excluding carboxylic acids is 2. The maximum Gasteiger partial charge on any atom is 0.296 e. The van der Waals surface area contributed by atoms with Crippen LogP contribution in [-0.4, -0.2) is 21.8 Å². The van der Waals surface area contributed by atoms with Crippen LogP contribution >= 0.6 is 23.2 Å². The summed E-state index contributed by atoms with van der Waals surface area (Å²) in [5.74, 6) is -2.60. The van der Waals surface area contributed by atoms with Gasteiger partial charge in [-0.15, -0.1) is 0 Å². The quantitative estimate of drug-likeness (QED) is 0.837. The van der Waals surface area contributed by atoms with Crippen molar-refractivity contribution < 1.29 is 19.1 Å². The van der Waals surface area contributed by atoms with E-state index in [4.69, 9.17) is 23.2 Å². The molecule has 0 aliphatic carbocycles. The molecule has 4 nitrogen and oxygen atoms in total. The molecule has 0 saturated carbocycles. The molecule has 0 bridgehead atoms. The van der Waals surface area contributed by atoms with Gasteiger partial charge >= 0.3 is 0 Å². The van der Waals surface area contributed by atoms with Gasteiger partial charge in [-0.25, -0.2) is 4.39 Å². The standard InChI is InChI=1S/C17H10Cl2FNO3/c18-10-3-6-12(13(19)7-10)14-15(22)17(24)21(16(14)23)8-9-1-4-11(20)5-2-9/h1-7,22H,8H2. The van der Waals surface area contributed by atoms with Crippen LogP contribution in [0.25, 0.3) is 5.57 Å². The second-order valence-corrected chi connectivity index (χ2v) is 6.01. The van der Waals surface area contributed by atoms with E-state index in [1.165, 1.54) is 42.5 Å². The van der Waals surface area contributed by atoms with Crippen molar-refractivity contribution in [3.63, 3.8) is 0 Å². The number of hydrogen-bond donors (Lipinski definition) is 1. The summed E-state index contributed by atoms with van der Waals surface area (Å²) in [5, 5.41) is 10.6. The summed E-state index contributed by atoms with van der Waals surface area (Å²) in [6.45, 7) is -0.0866. The second kappa shape index (κ2) is 6.26. The second-order valence-electron chi connectivity index (χ2n) is 5.17. The van der Waals surface area contributed by atoms with Crippen LogP contribution in [0, 0.1) is 5.82 Å². The van der Waals surface area contributed by atoms with Crippen LogP contribution in [0.15, 0.2) is 48.2 Å². The molecule has 0 fully saturated rings. The highest BCUT2D eigenvalue weighted by molar-refractivity contribution is 6.40. The molecule has 1 aliphatic rings. The Morgan fingerprint density at radius 2 is 1.67 bits per heavy atom. The number of aliphatic hydroxyl groups excluding tert-OH is 1. The zero-order valence-electron chi connectivity index (χ0n) is 12.1. The van der Waals surface area contributed by atoms with E-state index in [1.807, 2.05) is 0 Å². The molecule has 122 valence electrons. The van der Waals surface area contributed by atoms with Crippen molar-refractivity contribution in [3.05, 3.63) is 75.2 Å². The van der Waals surface area contributed by atoms with Crippen LogP contribution in [0.3, 0.4) is 0 Å². The minimum atomic E-state index is -0.828. The van der Waals surface area contributed by atoms with Crippen LogP contribution in [0.1, 0.15) is 11.1 Å². The van der Waals surface area contributed by atoms with Crippen LogP contribution in [0.2, 0.25) is 10.0 Å². The first-order valence-corrected chi connectivity index (χ1v) is 7.63. The number of benzene rings is 2. The van der Waals surface area contributed by atoms with Gasteiger partial charge in [0, 0.05) is 10.6 Å². The Labute approximate surface area is 146 Å². The maximum absolute atomic E-state index is 13.0. The van der Waals surface area contributed by atoms with E-state index in [-0.39, 0.29) is 22.7 Å². The SMILES string of the molecule is O=C1C(O)=C(c2ccc(Cl)cc2Cl)C(=O)N1Cc1ccc(F)cc1. The Bertz CT molecular complexity index is 878. The van der Waals surface area contributed by atoms with Gasteiger partial charge in [0.25, 0.3) is 11.8 Å². The molecule has 1 N–H and O–H groups in total. The van der Waals surface area contributed by atoms with E-state index in [2.05, 4.69) is 0 Å².